The lowest BCUT2D eigenvalue weighted by Crippen LogP contribution is -2.47. The molecule has 1 atom stereocenters. The van der Waals surface area contributed by atoms with Crippen LogP contribution in [-0.4, -0.2) is 51.2 Å². The second kappa shape index (κ2) is 5.64. The molecule has 116 valence electrons. The molecule has 0 amide bonds. The molecule has 7 nitrogen and oxygen atoms in total. The van der Waals surface area contributed by atoms with Crippen molar-refractivity contribution in [2.75, 3.05) is 31.1 Å². The molecular weight excluding hydrogens is 280 g/mol. The molecule has 0 bridgehead atoms. The van der Waals surface area contributed by atoms with Gasteiger partial charge in [0, 0.05) is 44.5 Å². The summed E-state index contributed by atoms with van der Waals surface area (Å²) in [6, 6.07) is 0.170. The lowest BCUT2D eigenvalue weighted by Gasteiger charge is -2.37. The van der Waals surface area contributed by atoms with Crippen molar-refractivity contribution in [1.82, 2.24) is 25.0 Å². The molecule has 1 saturated carbocycles. The standard InChI is InChI=1S/C15H20N6O/c1-11(15-18-14(19-22-15)12-2-3-12)20-6-8-21(9-7-20)13-10-16-4-5-17-13/h4-5,10-12H,2-3,6-9H2,1H3/t11-/m1/s1. The molecule has 2 aromatic rings. The second-order valence-corrected chi connectivity index (χ2v) is 6.03. The van der Waals surface area contributed by atoms with Crippen LogP contribution in [0.5, 0.6) is 0 Å². The number of hydrogen-bond donors (Lipinski definition) is 0. The molecule has 2 aromatic heterocycles. The smallest absolute Gasteiger partial charge is 0.243 e. The van der Waals surface area contributed by atoms with Crippen LogP contribution in [0.15, 0.2) is 23.1 Å². The minimum atomic E-state index is 0.170. The van der Waals surface area contributed by atoms with Gasteiger partial charge < -0.3 is 9.42 Å². The van der Waals surface area contributed by atoms with Crippen molar-refractivity contribution in [1.29, 1.82) is 0 Å². The summed E-state index contributed by atoms with van der Waals surface area (Å²) in [7, 11) is 0. The average molecular weight is 300 g/mol. The van der Waals surface area contributed by atoms with Crippen LogP contribution in [0.2, 0.25) is 0 Å². The van der Waals surface area contributed by atoms with Gasteiger partial charge in [-0.15, -0.1) is 0 Å². The zero-order valence-electron chi connectivity index (χ0n) is 12.7. The molecule has 0 unspecified atom stereocenters. The highest BCUT2D eigenvalue weighted by Gasteiger charge is 2.31. The molecule has 3 heterocycles. The average Bonchev–Trinajstić information content (AvgIpc) is 3.32. The normalized spacial score (nSPS) is 21.0. The highest BCUT2D eigenvalue weighted by atomic mass is 16.5. The molecule has 22 heavy (non-hydrogen) atoms. The summed E-state index contributed by atoms with van der Waals surface area (Å²) in [5, 5.41) is 4.12. The third kappa shape index (κ3) is 2.68. The fourth-order valence-electron chi connectivity index (χ4n) is 2.87. The van der Waals surface area contributed by atoms with Crippen molar-refractivity contribution in [2.24, 2.45) is 0 Å². The molecule has 7 heteroatoms. The summed E-state index contributed by atoms with van der Waals surface area (Å²) in [4.78, 5) is 17.7. The summed E-state index contributed by atoms with van der Waals surface area (Å²) in [6.07, 6.45) is 7.66. The van der Waals surface area contributed by atoms with E-state index in [1.807, 2.05) is 6.20 Å². The summed E-state index contributed by atoms with van der Waals surface area (Å²) in [6.45, 7) is 5.93. The number of rotatable bonds is 4. The quantitative estimate of drug-likeness (QED) is 0.849. The number of aromatic nitrogens is 4. The van der Waals surface area contributed by atoms with Gasteiger partial charge in [-0.1, -0.05) is 5.16 Å². The second-order valence-electron chi connectivity index (χ2n) is 6.03. The van der Waals surface area contributed by atoms with Gasteiger partial charge in [-0.05, 0) is 19.8 Å². The first-order chi connectivity index (χ1) is 10.8. The van der Waals surface area contributed by atoms with Crippen molar-refractivity contribution in [3.63, 3.8) is 0 Å². The van der Waals surface area contributed by atoms with E-state index in [4.69, 9.17) is 4.52 Å². The van der Waals surface area contributed by atoms with E-state index < -0.39 is 0 Å². The SMILES string of the molecule is C[C@H](c1nc(C2CC2)no1)N1CCN(c2cnccn2)CC1. The maximum atomic E-state index is 5.45. The molecule has 0 aromatic carbocycles. The van der Waals surface area contributed by atoms with Crippen molar-refractivity contribution < 1.29 is 4.52 Å². The molecule has 0 radical (unpaired) electrons. The third-order valence-electron chi connectivity index (χ3n) is 4.49. The fraction of sp³-hybridized carbons (Fsp3) is 0.600. The largest absolute Gasteiger partial charge is 0.353 e. The van der Waals surface area contributed by atoms with Crippen molar-refractivity contribution in [3.05, 3.63) is 30.3 Å². The summed E-state index contributed by atoms with van der Waals surface area (Å²) in [5.74, 6) is 3.12. The Morgan fingerprint density at radius 3 is 2.68 bits per heavy atom. The van der Waals surface area contributed by atoms with Crippen molar-refractivity contribution in [3.8, 4) is 0 Å². The number of piperazine rings is 1. The Bertz CT molecular complexity index is 618. The number of nitrogens with zero attached hydrogens (tertiary/aromatic N) is 6. The minimum absolute atomic E-state index is 0.170. The summed E-state index contributed by atoms with van der Waals surface area (Å²) < 4.78 is 5.45. The predicted molar refractivity (Wildman–Crippen MR) is 80.5 cm³/mol. The monoisotopic (exact) mass is 300 g/mol. The van der Waals surface area contributed by atoms with E-state index in [9.17, 15) is 0 Å². The Labute approximate surface area is 129 Å². The van der Waals surface area contributed by atoms with Crippen molar-refractivity contribution >= 4 is 5.82 Å². The summed E-state index contributed by atoms with van der Waals surface area (Å²) in [5.41, 5.74) is 0. The van der Waals surface area contributed by atoms with Crippen molar-refractivity contribution in [2.45, 2.75) is 31.7 Å². The lowest BCUT2D eigenvalue weighted by molar-refractivity contribution is 0.164. The zero-order valence-corrected chi connectivity index (χ0v) is 12.7. The molecule has 1 aliphatic carbocycles. The molecule has 0 spiro atoms. The Kier molecular flexibility index (Phi) is 3.49. The van der Waals surface area contributed by atoms with E-state index >= 15 is 0 Å². The van der Waals surface area contributed by atoms with Gasteiger partial charge in [-0.3, -0.25) is 9.88 Å². The topological polar surface area (TPSA) is 71.2 Å². The lowest BCUT2D eigenvalue weighted by atomic mass is 10.2. The van der Waals surface area contributed by atoms with Gasteiger partial charge in [0.05, 0.1) is 12.2 Å². The van der Waals surface area contributed by atoms with Crippen LogP contribution < -0.4 is 4.90 Å². The van der Waals surface area contributed by atoms with Gasteiger partial charge in [-0.2, -0.15) is 4.98 Å². The molecule has 2 fully saturated rings. The minimum Gasteiger partial charge on any atom is -0.353 e. The first-order valence-corrected chi connectivity index (χ1v) is 7.90. The Hall–Kier alpha value is -2.02. The van der Waals surface area contributed by atoms with Crippen LogP contribution in [0.1, 0.15) is 43.4 Å². The van der Waals surface area contributed by atoms with Crippen LogP contribution in [0, 0.1) is 0 Å². The summed E-state index contributed by atoms with van der Waals surface area (Å²) >= 11 is 0. The highest BCUT2D eigenvalue weighted by Crippen LogP contribution is 2.38. The molecule has 4 rings (SSSR count). The number of anilines is 1. The van der Waals surface area contributed by atoms with E-state index in [1.165, 1.54) is 12.8 Å². The van der Waals surface area contributed by atoms with Crippen LogP contribution in [0.4, 0.5) is 5.82 Å². The predicted octanol–water partition coefficient (Wildman–Crippen LogP) is 1.62. The molecular formula is C15H20N6O. The number of hydrogen-bond acceptors (Lipinski definition) is 7. The van der Waals surface area contributed by atoms with Gasteiger partial charge in [0.15, 0.2) is 5.82 Å². The van der Waals surface area contributed by atoms with Gasteiger partial charge in [0.25, 0.3) is 0 Å². The molecule has 1 aliphatic heterocycles. The molecule has 1 saturated heterocycles. The molecule has 0 N–H and O–H groups in total. The van der Waals surface area contributed by atoms with Gasteiger partial charge in [-0.25, -0.2) is 4.98 Å². The van der Waals surface area contributed by atoms with Crippen LogP contribution in [0.3, 0.4) is 0 Å². The first-order valence-electron chi connectivity index (χ1n) is 7.90. The van der Waals surface area contributed by atoms with Crippen LogP contribution in [0.25, 0.3) is 0 Å². The van der Waals surface area contributed by atoms with E-state index in [2.05, 4.69) is 36.8 Å². The van der Waals surface area contributed by atoms with E-state index in [-0.39, 0.29) is 6.04 Å². The highest BCUT2D eigenvalue weighted by molar-refractivity contribution is 5.35. The van der Waals surface area contributed by atoms with Gasteiger partial charge in [0.1, 0.15) is 5.82 Å². The van der Waals surface area contributed by atoms with Gasteiger partial charge >= 0.3 is 0 Å². The van der Waals surface area contributed by atoms with E-state index in [0.29, 0.717) is 5.92 Å². The molecule has 2 aliphatic rings. The van der Waals surface area contributed by atoms with Crippen LogP contribution >= 0.6 is 0 Å². The Morgan fingerprint density at radius 2 is 2.00 bits per heavy atom. The van der Waals surface area contributed by atoms with Crippen LogP contribution in [-0.2, 0) is 0 Å². The maximum absolute atomic E-state index is 5.45. The zero-order chi connectivity index (χ0) is 14.9. The third-order valence-corrected chi connectivity index (χ3v) is 4.49. The van der Waals surface area contributed by atoms with E-state index in [1.54, 1.807) is 12.4 Å². The Morgan fingerprint density at radius 1 is 1.18 bits per heavy atom. The first kappa shape index (κ1) is 13.6. The fourth-order valence-corrected chi connectivity index (χ4v) is 2.87. The van der Waals surface area contributed by atoms with E-state index in [0.717, 1.165) is 43.7 Å². The van der Waals surface area contributed by atoms with Gasteiger partial charge in [0.2, 0.25) is 5.89 Å². The maximum Gasteiger partial charge on any atom is 0.243 e. The Balaban J connectivity index is 1.38.